The van der Waals surface area contributed by atoms with Gasteiger partial charge >= 0.3 is 0 Å². The Hall–Kier alpha value is -2.49. The smallest absolute Gasteiger partial charge is 0.261 e. The Kier molecular flexibility index (Phi) is 5.63. The van der Waals surface area contributed by atoms with E-state index in [1.807, 2.05) is 56.3 Å². The van der Waals surface area contributed by atoms with Crippen LogP contribution in [0.25, 0.3) is 0 Å². The van der Waals surface area contributed by atoms with E-state index in [-0.39, 0.29) is 5.91 Å². The molecule has 2 aromatic rings. The molecule has 0 spiro atoms. The van der Waals surface area contributed by atoms with Crippen molar-refractivity contribution in [3.05, 3.63) is 59.2 Å². The second kappa shape index (κ2) is 7.68. The Morgan fingerprint density at radius 2 is 1.83 bits per heavy atom. The second-order valence-electron chi connectivity index (χ2n) is 5.59. The Labute approximate surface area is 137 Å². The van der Waals surface area contributed by atoms with Crippen LogP contribution in [0.5, 0.6) is 11.5 Å². The highest BCUT2D eigenvalue weighted by Gasteiger charge is 2.15. The summed E-state index contributed by atoms with van der Waals surface area (Å²) < 4.78 is 10.9. The molecule has 0 saturated heterocycles. The van der Waals surface area contributed by atoms with Crippen LogP contribution in [0.3, 0.4) is 0 Å². The topological polar surface area (TPSA) is 47.6 Å². The number of amides is 1. The van der Waals surface area contributed by atoms with Gasteiger partial charge in [0.05, 0.1) is 7.11 Å². The number of benzene rings is 2. The summed E-state index contributed by atoms with van der Waals surface area (Å²) in [4.78, 5) is 12.2. The molecule has 4 heteroatoms. The maximum atomic E-state index is 12.2. The van der Waals surface area contributed by atoms with Crippen molar-refractivity contribution in [1.82, 2.24) is 5.32 Å². The molecule has 23 heavy (non-hydrogen) atoms. The summed E-state index contributed by atoms with van der Waals surface area (Å²) in [7, 11) is 1.63. The van der Waals surface area contributed by atoms with E-state index in [4.69, 9.17) is 9.47 Å². The SMILES string of the molecule is COc1ccc(CNC(=O)C(C)Oc2ccc(C)cc2C)cc1. The first-order valence-corrected chi connectivity index (χ1v) is 7.64. The molecule has 0 aliphatic rings. The molecule has 2 rings (SSSR count). The van der Waals surface area contributed by atoms with Crippen molar-refractivity contribution in [2.24, 2.45) is 0 Å². The Morgan fingerprint density at radius 3 is 2.43 bits per heavy atom. The van der Waals surface area contributed by atoms with Gasteiger partial charge in [0.25, 0.3) is 5.91 Å². The molecular formula is C19H23NO3. The predicted octanol–water partition coefficient (Wildman–Crippen LogP) is 3.40. The highest BCUT2D eigenvalue weighted by atomic mass is 16.5. The van der Waals surface area contributed by atoms with E-state index in [2.05, 4.69) is 5.32 Å². The molecule has 4 nitrogen and oxygen atoms in total. The highest BCUT2D eigenvalue weighted by Crippen LogP contribution is 2.20. The Morgan fingerprint density at radius 1 is 1.13 bits per heavy atom. The van der Waals surface area contributed by atoms with E-state index in [0.29, 0.717) is 6.54 Å². The summed E-state index contributed by atoms with van der Waals surface area (Å²) >= 11 is 0. The largest absolute Gasteiger partial charge is 0.497 e. The van der Waals surface area contributed by atoms with E-state index in [1.54, 1.807) is 14.0 Å². The first-order valence-electron chi connectivity index (χ1n) is 7.64. The minimum absolute atomic E-state index is 0.138. The lowest BCUT2D eigenvalue weighted by molar-refractivity contribution is -0.127. The summed E-state index contributed by atoms with van der Waals surface area (Å²) in [5.41, 5.74) is 3.21. The van der Waals surface area contributed by atoms with Gasteiger partial charge in [0, 0.05) is 6.54 Å². The van der Waals surface area contributed by atoms with Crippen LogP contribution < -0.4 is 14.8 Å². The Bertz CT molecular complexity index is 665. The fourth-order valence-electron chi connectivity index (χ4n) is 2.25. The third kappa shape index (κ3) is 4.74. The maximum Gasteiger partial charge on any atom is 0.261 e. The highest BCUT2D eigenvalue weighted by molar-refractivity contribution is 5.80. The van der Waals surface area contributed by atoms with E-state index in [0.717, 1.165) is 22.6 Å². The average molecular weight is 313 g/mol. The van der Waals surface area contributed by atoms with Gasteiger partial charge in [-0.2, -0.15) is 0 Å². The lowest BCUT2D eigenvalue weighted by atomic mass is 10.1. The van der Waals surface area contributed by atoms with Crippen LogP contribution in [0.15, 0.2) is 42.5 Å². The third-order valence-corrected chi connectivity index (χ3v) is 3.63. The molecule has 1 atom stereocenters. The first-order chi connectivity index (χ1) is 11.0. The van der Waals surface area contributed by atoms with E-state index < -0.39 is 6.10 Å². The van der Waals surface area contributed by atoms with Gasteiger partial charge in [-0.05, 0) is 50.1 Å². The van der Waals surface area contributed by atoms with Gasteiger partial charge in [0.1, 0.15) is 11.5 Å². The van der Waals surface area contributed by atoms with Gasteiger partial charge < -0.3 is 14.8 Å². The van der Waals surface area contributed by atoms with Crippen molar-refractivity contribution in [3.8, 4) is 11.5 Å². The quantitative estimate of drug-likeness (QED) is 0.889. The minimum atomic E-state index is -0.547. The third-order valence-electron chi connectivity index (χ3n) is 3.63. The molecule has 0 heterocycles. The molecule has 2 aromatic carbocycles. The number of carbonyl (C=O) groups is 1. The molecule has 0 aliphatic heterocycles. The van der Waals surface area contributed by atoms with Gasteiger partial charge in [0.2, 0.25) is 0 Å². The molecule has 0 fully saturated rings. The average Bonchev–Trinajstić information content (AvgIpc) is 2.55. The number of hydrogen-bond donors (Lipinski definition) is 1. The molecule has 0 aromatic heterocycles. The monoisotopic (exact) mass is 313 g/mol. The first kappa shape index (κ1) is 16.9. The molecular weight excluding hydrogens is 290 g/mol. The fraction of sp³-hybridized carbons (Fsp3) is 0.316. The fourth-order valence-corrected chi connectivity index (χ4v) is 2.25. The number of hydrogen-bond acceptors (Lipinski definition) is 3. The molecule has 1 unspecified atom stereocenters. The van der Waals surface area contributed by atoms with Crippen molar-refractivity contribution in [2.45, 2.75) is 33.4 Å². The normalized spacial score (nSPS) is 11.7. The summed E-state index contributed by atoms with van der Waals surface area (Å²) in [6.45, 7) is 6.22. The molecule has 1 N–H and O–H groups in total. The van der Waals surface area contributed by atoms with Crippen molar-refractivity contribution in [3.63, 3.8) is 0 Å². The van der Waals surface area contributed by atoms with Crippen molar-refractivity contribution >= 4 is 5.91 Å². The van der Waals surface area contributed by atoms with Crippen molar-refractivity contribution in [1.29, 1.82) is 0 Å². The summed E-state index contributed by atoms with van der Waals surface area (Å²) in [5.74, 6) is 1.40. The van der Waals surface area contributed by atoms with Gasteiger partial charge in [-0.1, -0.05) is 29.8 Å². The molecule has 1 amide bonds. The van der Waals surface area contributed by atoms with Crippen LogP contribution in [0.2, 0.25) is 0 Å². The minimum Gasteiger partial charge on any atom is -0.497 e. The zero-order chi connectivity index (χ0) is 16.8. The lowest BCUT2D eigenvalue weighted by Gasteiger charge is -2.16. The second-order valence-corrected chi connectivity index (χ2v) is 5.59. The van der Waals surface area contributed by atoms with Crippen LogP contribution in [-0.2, 0) is 11.3 Å². The Balaban J connectivity index is 1.89. The van der Waals surface area contributed by atoms with E-state index >= 15 is 0 Å². The standard InChI is InChI=1S/C19H23NO3/c1-13-5-10-18(14(2)11-13)23-15(3)19(21)20-12-16-6-8-17(22-4)9-7-16/h5-11,15H,12H2,1-4H3,(H,20,21). The summed E-state index contributed by atoms with van der Waals surface area (Å²) in [5, 5.41) is 2.88. The van der Waals surface area contributed by atoms with Gasteiger partial charge in [-0.3, -0.25) is 4.79 Å². The van der Waals surface area contributed by atoms with Crippen molar-refractivity contribution < 1.29 is 14.3 Å². The lowest BCUT2D eigenvalue weighted by Crippen LogP contribution is -2.36. The van der Waals surface area contributed by atoms with Gasteiger partial charge in [0.15, 0.2) is 6.10 Å². The van der Waals surface area contributed by atoms with Crippen LogP contribution in [0.4, 0.5) is 0 Å². The summed E-state index contributed by atoms with van der Waals surface area (Å²) in [6, 6.07) is 13.5. The number of carbonyl (C=O) groups excluding carboxylic acids is 1. The molecule has 0 saturated carbocycles. The molecule has 0 bridgehead atoms. The predicted molar refractivity (Wildman–Crippen MR) is 90.8 cm³/mol. The number of aryl methyl sites for hydroxylation is 2. The molecule has 122 valence electrons. The van der Waals surface area contributed by atoms with Gasteiger partial charge in [-0.25, -0.2) is 0 Å². The number of nitrogens with one attached hydrogen (secondary N) is 1. The number of rotatable bonds is 6. The van der Waals surface area contributed by atoms with Crippen LogP contribution in [0.1, 0.15) is 23.6 Å². The zero-order valence-corrected chi connectivity index (χ0v) is 14.1. The molecule has 0 aliphatic carbocycles. The van der Waals surface area contributed by atoms with Gasteiger partial charge in [-0.15, -0.1) is 0 Å². The zero-order valence-electron chi connectivity index (χ0n) is 14.1. The van der Waals surface area contributed by atoms with Crippen LogP contribution in [-0.4, -0.2) is 19.1 Å². The molecule has 0 radical (unpaired) electrons. The number of ether oxygens (including phenoxy) is 2. The van der Waals surface area contributed by atoms with E-state index in [9.17, 15) is 4.79 Å². The summed E-state index contributed by atoms with van der Waals surface area (Å²) in [6.07, 6.45) is -0.547. The maximum absolute atomic E-state index is 12.2. The van der Waals surface area contributed by atoms with Crippen LogP contribution >= 0.6 is 0 Å². The number of methoxy groups -OCH3 is 1. The van der Waals surface area contributed by atoms with Crippen molar-refractivity contribution in [2.75, 3.05) is 7.11 Å². The van der Waals surface area contributed by atoms with Crippen LogP contribution in [0, 0.1) is 13.8 Å². The van der Waals surface area contributed by atoms with E-state index in [1.165, 1.54) is 5.56 Å².